The van der Waals surface area contributed by atoms with Crippen molar-refractivity contribution in [3.8, 4) is 5.75 Å². The Labute approximate surface area is 131 Å². The Bertz CT molecular complexity index is 681. The lowest BCUT2D eigenvalue weighted by Gasteiger charge is -2.17. The van der Waals surface area contributed by atoms with Crippen molar-refractivity contribution in [1.29, 1.82) is 0 Å². The van der Waals surface area contributed by atoms with Crippen molar-refractivity contribution in [2.75, 3.05) is 13.2 Å². The lowest BCUT2D eigenvalue weighted by molar-refractivity contribution is -0.386. The number of ketones is 1. The van der Waals surface area contributed by atoms with Gasteiger partial charge in [0.05, 0.1) is 11.5 Å². The van der Waals surface area contributed by atoms with Gasteiger partial charge in [0, 0.05) is 0 Å². The third kappa shape index (κ3) is 3.98. The number of hydrogen-bond acceptors (Lipinski definition) is 6. The van der Waals surface area contributed by atoms with Crippen molar-refractivity contribution in [3.05, 3.63) is 39.4 Å². The van der Waals surface area contributed by atoms with Crippen molar-refractivity contribution in [1.82, 2.24) is 0 Å². The van der Waals surface area contributed by atoms with Crippen LogP contribution in [0.25, 0.3) is 5.53 Å². The maximum absolute atomic E-state index is 11.8. The third-order valence-electron chi connectivity index (χ3n) is 3.11. The van der Waals surface area contributed by atoms with E-state index in [1.807, 2.05) is 0 Å². The maximum atomic E-state index is 11.8. The minimum atomic E-state index is -0.800. The van der Waals surface area contributed by atoms with Gasteiger partial charge >= 0.3 is 11.9 Å². The molecule has 1 aromatic rings. The van der Waals surface area contributed by atoms with Gasteiger partial charge in [-0.2, -0.15) is 4.79 Å². The quantitative estimate of drug-likeness (QED) is 0.196. The fraction of sp³-hybridized carbons (Fsp3) is 0.429. The SMILES string of the molecule is CC1(C)OCC(COc2cccc(C(=O)C=[N+]=[N-])c2[N+](=O)[O-])O1. The average Bonchev–Trinajstić information content (AvgIpc) is 2.84. The molecule has 1 aromatic carbocycles. The first-order valence-electron chi connectivity index (χ1n) is 6.78. The second-order valence-corrected chi connectivity index (χ2v) is 5.28. The summed E-state index contributed by atoms with van der Waals surface area (Å²) < 4.78 is 16.4. The average molecular weight is 321 g/mol. The molecule has 122 valence electrons. The van der Waals surface area contributed by atoms with Crippen molar-refractivity contribution < 1.29 is 28.7 Å². The largest absolute Gasteiger partial charge is 0.484 e. The summed E-state index contributed by atoms with van der Waals surface area (Å²) >= 11 is 0. The molecule has 9 nitrogen and oxygen atoms in total. The molecule has 0 spiro atoms. The summed E-state index contributed by atoms with van der Waals surface area (Å²) in [4.78, 5) is 24.9. The van der Waals surface area contributed by atoms with Gasteiger partial charge in [0.1, 0.15) is 18.3 Å². The van der Waals surface area contributed by atoms with Crippen LogP contribution in [0.5, 0.6) is 5.75 Å². The van der Waals surface area contributed by atoms with Crippen LogP contribution >= 0.6 is 0 Å². The smallest absolute Gasteiger partial charge is 0.328 e. The predicted molar refractivity (Wildman–Crippen MR) is 77.5 cm³/mol. The molecule has 1 heterocycles. The van der Waals surface area contributed by atoms with Gasteiger partial charge in [0.15, 0.2) is 11.5 Å². The van der Waals surface area contributed by atoms with Gasteiger partial charge in [-0.05, 0) is 26.0 Å². The van der Waals surface area contributed by atoms with Gasteiger partial charge in [0.2, 0.25) is 0 Å². The highest BCUT2D eigenvalue weighted by Crippen LogP contribution is 2.32. The van der Waals surface area contributed by atoms with Crippen LogP contribution < -0.4 is 4.74 Å². The van der Waals surface area contributed by atoms with E-state index in [1.165, 1.54) is 18.2 Å². The summed E-state index contributed by atoms with van der Waals surface area (Å²) in [5.74, 6) is -1.60. The Hall–Kier alpha value is -2.61. The minimum Gasteiger partial charge on any atom is -0.484 e. The van der Waals surface area contributed by atoms with E-state index >= 15 is 0 Å². The Morgan fingerprint density at radius 1 is 1.61 bits per heavy atom. The number of nitro groups is 1. The number of hydrogen-bond donors (Lipinski definition) is 0. The van der Waals surface area contributed by atoms with Gasteiger partial charge < -0.3 is 19.7 Å². The van der Waals surface area contributed by atoms with E-state index in [4.69, 9.17) is 19.7 Å². The lowest BCUT2D eigenvalue weighted by Crippen LogP contribution is -2.25. The maximum Gasteiger partial charge on any atom is 0.328 e. The molecule has 1 unspecified atom stereocenters. The Morgan fingerprint density at radius 3 is 2.91 bits per heavy atom. The minimum absolute atomic E-state index is 0.0377. The number of benzene rings is 1. The van der Waals surface area contributed by atoms with E-state index in [0.717, 1.165) is 0 Å². The van der Waals surface area contributed by atoms with Crippen LogP contribution in [0.4, 0.5) is 5.69 Å². The molecule has 0 aliphatic carbocycles. The summed E-state index contributed by atoms with van der Waals surface area (Å²) in [7, 11) is 0. The van der Waals surface area contributed by atoms with Gasteiger partial charge in [-0.3, -0.25) is 14.9 Å². The summed E-state index contributed by atoms with van der Waals surface area (Å²) in [5.41, 5.74) is 7.69. The summed E-state index contributed by atoms with van der Waals surface area (Å²) in [5, 5.41) is 11.3. The Morgan fingerprint density at radius 2 is 2.35 bits per heavy atom. The van der Waals surface area contributed by atoms with Crippen LogP contribution in [0.2, 0.25) is 0 Å². The first kappa shape index (κ1) is 16.8. The number of nitrogens with zero attached hydrogens (tertiary/aromatic N) is 3. The summed E-state index contributed by atoms with van der Waals surface area (Å²) in [6.07, 6.45) is 0.214. The van der Waals surface area contributed by atoms with E-state index in [1.54, 1.807) is 13.8 Å². The molecule has 0 bridgehead atoms. The van der Waals surface area contributed by atoms with Crippen LogP contribution in [-0.2, 0) is 9.47 Å². The molecule has 0 aromatic heterocycles. The number of carbonyl (C=O) groups excluding carboxylic acids is 1. The molecule has 1 fully saturated rings. The van der Waals surface area contributed by atoms with Gasteiger partial charge in [-0.1, -0.05) is 6.07 Å². The van der Waals surface area contributed by atoms with Crippen molar-refractivity contribution >= 4 is 17.7 Å². The second kappa shape index (κ2) is 6.66. The topological polar surface area (TPSA) is 124 Å². The van der Waals surface area contributed by atoms with E-state index in [0.29, 0.717) is 12.8 Å². The first-order chi connectivity index (χ1) is 10.8. The highest BCUT2D eigenvalue weighted by molar-refractivity contribution is 6.34. The molecular formula is C14H15N3O6. The van der Waals surface area contributed by atoms with Crippen LogP contribution in [-0.4, -0.2) is 46.8 Å². The molecule has 1 aliphatic heterocycles. The van der Waals surface area contributed by atoms with Crippen LogP contribution in [0, 0.1) is 10.1 Å². The first-order valence-corrected chi connectivity index (χ1v) is 6.78. The van der Waals surface area contributed by atoms with E-state index < -0.39 is 22.2 Å². The van der Waals surface area contributed by atoms with Gasteiger partial charge in [-0.15, -0.1) is 0 Å². The van der Waals surface area contributed by atoms with E-state index in [-0.39, 0.29) is 24.0 Å². The molecule has 23 heavy (non-hydrogen) atoms. The second-order valence-electron chi connectivity index (χ2n) is 5.28. The molecule has 1 saturated heterocycles. The molecular weight excluding hydrogens is 306 g/mol. The number of ether oxygens (including phenoxy) is 3. The molecule has 0 N–H and O–H groups in total. The van der Waals surface area contributed by atoms with E-state index in [9.17, 15) is 14.9 Å². The van der Waals surface area contributed by atoms with E-state index in [2.05, 4.69) is 4.79 Å². The fourth-order valence-corrected chi connectivity index (χ4v) is 2.18. The normalized spacial score (nSPS) is 19.0. The number of carbonyl (C=O) groups is 1. The van der Waals surface area contributed by atoms with Gasteiger partial charge in [0.25, 0.3) is 5.78 Å². The number of para-hydroxylation sites is 1. The van der Waals surface area contributed by atoms with Crippen LogP contribution in [0.3, 0.4) is 0 Å². The highest BCUT2D eigenvalue weighted by Gasteiger charge is 2.34. The van der Waals surface area contributed by atoms with Crippen molar-refractivity contribution in [2.45, 2.75) is 25.7 Å². The van der Waals surface area contributed by atoms with Crippen LogP contribution in [0.15, 0.2) is 18.2 Å². The molecule has 0 radical (unpaired) electrons. The molecule has 9 heteroatoms. The fourth-order valence-electron chi connectivity index (χ4n) is 2.18. The third-order valence-corrected chi connectivity index (χ3v) is 3.11. The lowest BCUT2D eigenvalue weighted by atomic mass is 10.1. The standard InChI is InChI=1S/C14H15N3O6/c1-14(2)22-8-9(23-14)7-21-12-5-3-4-10(11(18)6-16-15)13(12)17(19)20/h3-6,9H,7-8H2,1-2H3. The summed E-state index contributed by atoms with van der Waals surface area (Å²) in [6.45, 7) is 3.85. The van der Waals surface area contributed by atoms with Crippen molar-refractivity contribution in [3.63, 3.8) is 0 Å². The molecule has 2 rings (SSSR count). The zero-order chi connectivity index (χ0) is 17.0. The number of nitro benzene ring substituents is 1. The predicted octanol–water partition coefficient (Wildman–Crippen LogP) is 1.61. The highest BCUT2D eigenvalue weighted by atomic mass is 16.7. The summed E-state index contributed by atoms with van der Waals surface area (Å²) in [6, 6.07) is 4.08. The zero-order valence-electron chi connectivity index (χ0n) is 12.6. The molecule has 0 amide bonds. The monoisotopic (exact) mass is 321 g/mol. The van der Waals surface area contributed by atoms with Crippen molar-refractivity contribution in [2.24, 2.45) is 0 Å². The molecule has 1 aliphatic rings. The number of rotatable bonds is 6. The van der Waals surface area contributed by atoms with Crippen LogP contribution in [0.1, 0.15) is 24.2 Å². The number of Topliss-reactive ketones (excluding diaryl/α,β-unsaturated/α-hetero) is 1. The molecule has 1 atom stereocenters. The van der Waals surface area contributed by atoms with Gasteiger partial charge in [-0.25, -0.2) is 0 Å². The Balaban J connectivity index is 2.21. The Kier molecular flexibility index (Phi) is 4.85. The zero-order valence-corrected chi connectivity index (χ0v) is 12.6. The molecule has 0 saturated carbocycles.